The Balaban J connectivity index is 2.14. The minimum Gasteiger partial charge on any atom is -0.497 e. The molecular weight excluding hydrogens is 356 g/mol. The van der Waals surface area contributed by atoms with Crippen molar-refractivity contribution in [2.75, 3.05) is 37.8 Å². The quantitative estimate of drug-likeness (QED) is 0.743. The molecule has 2 rings (SSSR count). The van der Waals surface area contributed by atoms with Crippen molar-refractivity contribution in [3.05, 3.63) is 24.3 Å². The van der Waals surface area contributed by atoms with Gasteiger partial charge in [0.25, 0.3) is 5.91 Å². The topological polar surface area (TPSA) is 91.3 Å². The van der Waals surface area contributed by atoms with Crippen LogP contribution < -0.4 is 14.5 Å². The van der Waals surface area contributed by atoms with Gasteiger partial charge in [0.05, 0.1) is 19.1 Å². The molecule has 26 heavy (non-hydrogen) atoms. The van der Waals surface area contributed by atoms with E-state index >= 15 is 0 Å². The Morgan fingerprint density at radius 1 is 1.27 bits per heavy atom. The fourth-order valence-corrected chi connectivity index (χ4v) is 3.93. The van der Waals surface area contributed by atoms with Crippen LogP contribution in [0.15, 0.2) is 29.4 Å². The number of sulfonamides is 1. The number of nitrogens with one attached hydrogen (secondary N) is 1. The Kier molecular flexibility index (Phi) is 6.60. The third-order valence-corrected chi connectivity index (χ3v) is 5.55. The third kappa shape index (κ3) is 5.18. The van der Waals surface area contributed by atoms with Crippen molar-refractivity contribution in [3.63, 3.8) is 0 Å². The predicted octanol–water partition coefficient (Wildman–Crippen LogP) is 1.05. The van der Waals surface area contributed by atoms with Crippen molar-refractivity contribution in [2.45, 2.75) is 25.8 Å². The van der Waals surface area contributed by atoms with E-state index in [1.165, 1.54) is 14.0 Å². The zero-order valence-electron chi connectivity index (χ0n) is 15.6. The molecule has 0 spiro atoms. The monoisotopic (exact) mass is 382 g/mol. The molecule has 144 valence electrons. The van der Waals surface area contributed by atoms with Gasteiger partial charge in [-0.2, -0.15) is 5.10 Å². The van der Waals surface area contributed by atoms with Crippen LogP contribution >= 0.6 is 0 Å². The molecule has 1 aliphatic heterocycles. The largest absolute Gasteiger partial charge is 0.497 e. The van der Waals surface area contributed by atoms with Crippen molar-refractivity contribution < 1.29 is 17.9 Å². The van der Waals surface area contributed by atoms with Gasteiger partial charge in [-0.3, -0.25) is 9.10 Å². The molecule has 1 heterocycles. The smallest absolute Gasteiger partial charge is 0.263 e. The van der Waals surface area contributed by atoms with Crippen molar-refractivity contribution in [1.82, 2.24) is 10.3 Å². The molecule has 1 aliphatic rings. The molecule has 1 unspecified atom stereocenters. The number of piperidine rings is 1. The van der Waals surface area contributed by atoms with E-state index in [0.717, 1.165) is 42.2 Å². The predicted molar refractivity (Wildman–Crippen MR) is 102 cm³/mol. The number of carbonyl (C=O) groups is 1. The van der Waals surface area contributed by atoms with Gasteiger partial charge in [0.1, 0.15) is 11.8 Å². The summed E-state index contributed by atoms with van der Waals surface area (Å²) in [4.78, 5) is 14.7. The van der Waals surface area contributed by atoms with Gasteiger partial charge in [0.2, 0.25) is 10.0 Å². The van der Waals surface area contributed by atoms with Crippen LogP contribution in [0.3, 0.4) is 0 Å². The van der Waals surface area contributed by atoms with Crippen LogP contribution in [0, 0.1) is 0 Å². The Labute approximate surface area is 154 Å². The van der Waals surface area contributed by atoms with Crippen LogP contribution in [0.25, 0.3) is 0 Å². The highest BCUT2D eigenvalue weighted by atomic mass is 32.2. The molecule has 1 atom stereocenters. The lowest BCUT2D eigenvalue weighted by Crippen LogP contribution is -2.47. The number of likely N-dealkylation sites (tertiary alicyclic amines) is 1. The second kappa shape index (κ2) is 8.50. The fourth-order valence-electron chi connectivity index (χ4n) is 2.75. The lowest BCUT2D eigenvalue weighted by atomic mass is 10.1. The average molecular weight is 382 g/mol. The molecule has 0 radical (unpaired) electrons. The van der Waals surface area contributed by atoms with Gasteiger partial charge >= 0.3 is 0 Å². The summed E-state index contributed by atoms with van der Waals surface area (Å²) in [6.07, 6.45) is 2.66. The van der Waals surface area contributed by atoms with Crippen LogP contribution in [-0.4, -0.2) is 64.5 Å². The molecule has 0 bridgehead atoms. The van der Waals surface area contributed by atoms with Crippen LogP contribution in [0.4, 0.5) is 5.69 Å². The number of rotatable bonds is 6. The SMILES string of the molecule is COc1ccc(N(C(C)C(=O)NN=C2CCN(C)CC2)S(C)(=O)=O)cc1. The number of carbonyl (C=O) groups excluding carboxylic acids is 1. The summed E-state index contributed by atoms with van der Waals surface area (Å²) >= 11 is 0. The van der Waals surface area contributed by atoms with Crippen LogP contribution in [0.2, 0.25) is 0 Å². The number of nitrogens with zero attached hydrogens (tertiary/aromatic N) is 3. The summed E-state index contributed by atoms with van der Waals surface area (Å²) in [7, 11) is -0.0884. The van der Waals surface area contributed by atoms with Gasteiger partial charge in [-0.05, 0) is 38.2 Å². The average Bonchev–Trinajstić information content (AvgIpc) is 2.60. The molecule has 0 saturated carbocycles. The molecule has 1 aromatic rings. The van der Waals surface area contributed by atoms with Gasteiger partial charge < -0.3 is 9.64 Å². The number of amides is 1. The molecule has 1 amide bonds. The lowest BCUT2D eigenvalue weighted by Gasteiger charge is -2.28. The molecule has 1 fully saturated rings. The van der Waals surface area contributed by atoms with Crippen LogP contribution in [0.1, 0.15) is 19.8 Å². The highest BCUT2D eigenvalue weighted by Crippen LogP contribution is 2.23. The van der Waals surface area contributed by atoms with Crippen molar-refractivity contribution in [2.24, 2.45) is 5.10 Å². The second-order valence-corrected chi connectivity index (χ2v) is 8.25. The number of methoxy groups -OCH3 is 1. The Morgan fingerprint density at radius 3 is 2.35 bits per heavy atom. The number of ether oxygens (including phenoxy) is 1. The van der Waals surface area contributed by atoms with E-state index in [-0.39, 0.29) is 0 Å². The zero-order chi connectivity index (χ0) is 19.3. The van der Waals surface area contributed by atoms with Crippen LogP contribution in [0.5, 0.6) is 5.75 Å². The molecular formula is C17H26N4O4S. The normalized spacial score (nSPS) is 16.7. The highest BCUT2D eigenvalue weighted by molar-refractivity contribution is 7.92. The molecule has 1 aromatic carbocycles. The first kappa shape index (κ1) is 20.2. The Hall–Kier alpha value is -2.13. The molecule has 1 N–H and O–H groups in total. The molecule has 1 saturated heterocycles. The van der Waals surface area contributed by atoms with Gasteiger partial charge in [-0.15, -0.1) is 0 Å². The first-order chi connectivity index (χ1) is 12.2. The van der Waals surface area contributed by atoms with Gasteiger partial charge in [0, 0.05) is 31.6 Å². The Bertz CT molecular complexity index is 751. The van der Waals surface area contributed by atoms with Gasteiger partial charge in [0.15, 0.2) is 0 Å². The first-order valence-electron chi connectivity index (χ1n) is 8.39. The molecule has 9 heteroatoms. The van der Waals surface area contributed by atoms with Crippen LogP contribution in [-0.2, 0) is 14.8 Å². The molecule has 0 aromatic heterocycles. The number of hydrazone groups is 1. The maximum Gasteiger partial charge on any atom is 0.263 e. The number of anilines is 1. The summed E-state index contributed by atoms with van der Waals surface area (Å²) in [5.74, 6) is 0.130. The van der Waals surface area contributed by atoms with Gasteiger partial charge in [-0.1, -0.05) is 0 Å². The number of hydrogen-bond acceptors (Lipinski definition) is 6. The van der Waals surface area contributed by atoms with Crippen molar-refractivity contribution in [3.8, 4) is 5.75 Å². The molecule has 0 aliphatic carbocycles. The third-order valence-electron chi connectivity index (χ3n) is 4.30. The molecule has 8 nitrogen and oxygen atoms in total. The zero-order valence-corrected chi connectivity index (χ0v) is 16.4. The summed E-state index contributed by atoms with van der Waals surface area (Å²) in [6, 6.07) is 5.57. The standard InChI is InChI=1S/C17H26N4O4S/c1-13(17(22)19-18-14-9-11-20(2)12-10-14)21(26(4,23)24)15-5-7-16(25-3)8-6-15/h5-8,13H,9-12H2,1-4H3,(H,19,22). The van der Waals surface area contributed by atoms with E-state index in [0.29, 0.717) is 11.4 Å². The first-order valence-corrected chi connectivity index (χ1v) is 10.2. The number of benzene rings is 1. The Morgan fingerprint density at radius 2 is 1.85 bits per heavy atom. The summed E-state index contributed by atoms with van der Waals surface area (Å²) < 4.78 is 30.7. The second-order valence-electron chi connectivity index (χ2n) is 6.39. The highest BCUT2D eigenvalue weighted by Gasteiger charge is 2.29. The lowest BCUT2D eigenvalue weighted by molar-refractivity contribution is -0.121. The fraction of sp³-hybridized carbons (Fsp3) is 0.529. The summed E-state index contributed by atoms with van der Waals surface area (Å²) in [6.45, 7) is 3.33. The van der Waals surface area contributed by atoms with Crippen molar-refractivity contribution >= 4 is 27.3 Å². The summed E-state index contributed by atoms with van der Waals surface area (Å²) in [5, 5.41) is 4.17. The maximum atomic E-state index is 12.5. The van der Waals surface area contributed by atoms with E-state index < -0.39 is 22.0 Å². The van der Waals surface area contributed by atoms with E-state index in [1.807, 2.05) is 7.05 Å². The van der Waals surface area contributed by atoms with E-state index in [4.69, 9.17) is 4.74 Å². The number of hydrogen-bond donors (Lipinski definition) is 1. The van der Waals surface area contributed by atoms with E-state index in [1.54, 1.807) is 24.3 Å². The summed E-state index contributed by atoms with van der Waals surface area (Å²) in [5.41, 5.74) is 3.82. The minimum absolute atomic E-state index is 0.392. The van der Waals surface area contributed by atoms with Crippen molar-refractivity contribution in [1.29, 1.82) is 0 Å². The van der Waals surface area contributed by atoms with E-state index in [9.17, 15) is 13.2 Å². The van der Waals surface area contributed by atoms with E-state index in [2.05, 4.69) is 15.4 Å². The minimum atomic E-state index is -3.66. The van der Waals surface area contributed by atoms with Gasteiger partial charge in [-0.25, -0.2) is 13.8 Å². The maximum absolute atomic E-state index is 12.5.